The second kappa shape index (κ2) is 5.37. The molecule has 0 aromatic heterocycles. The Kier molecular flexibility index (Phi) is 3.16. The van der Waals surface area contributed by atoms with Crippen molar-refractivity contribution in [2.45, 2.75) is 43.6 Å². The summed E-state index contributed by atoms with van der Waals surface area (Å²) in [5, 5.41) is 6.55. The summed E-state index contributed by atoms with van der Waals surface area (Å²) in [4.78, 5) is 0. The first-order valence-corrected chi connectivity index (χ1v) is 9.22. The summed E-state index contributed by atoms with van der Waals surface area (Å²) >= 11 is 0. The van der Waals surface area contributed by atoms with Crippen LogP contribution in [0.25, 0.3) is 10.8 Å². The number of nitrogens with one attached hydrogen (secondary N) is 1. The molecular formula is C23H23N. The number of para-hydroxylation sites is 1. The molecule has 1 spiro atoms. The van der Waals surface area contributed by atoms with E-state index in [1.54, 1.807) is 5.56 Å². The monoisotopic (exact) mass is 313 g/mol. The molecule has 0 saturated heterocycles. The maximum absolute atomic E-state index is 3.88. The SMILES string of the molecule is c1ccc2c(c1)N[C@H](c1ccc3ccccc3c1)C21CCCCC1. The first-order chi connectivity index (χ1) is 11.9. The lowest BCUT2D eigenvalue weighted by molar-refractivity contribution is 0.270. The molecule has 1 heterocycles. The van der Waals surface area contributed by atoms with E-state index in [-0.39, 0.29) is 5.41 Å². The van der Waals surface area contributed by atoms with Crippen molar-refractivity contribution in [1.82, 2.24) is 0 Å². The molecule has 0 radical (unpaired) electrons. The van der Waals surface area contributed by atoms with E-state index >= 15 is 0 Å². The maximum Gasteiger partial charge on any atom is 0.0611 e. The standard InChI is InChI=1S/C23H23N/c1-6-14-23(15-7-1)20-10-4-5-11-21(20)24-22(23)19-13-12-17-8-2-3-9-18(17)16-19/h2-5,8-13,16,22,24H,1,6-7,14-15H2/t22-/m1/s1. The molecule has 1 aliphatic heterocycles. The topological polar surface area (TPSA) is 12.0 Å². The van der Waals surface area contributed by atoms with Gasteiger partial charge in [0.2, 0.25) is 0 Å². The van der Waals surface area contributed by atoms with E-state index in [0.717, 1.165) is 0 Å². The zero-order valence-electron chi connectivity index (χ0n) is 14.0. The lowest BCUT2D eigenvalue weighted by Gasteiger charge is -2.39. The largest absolute Gasteiger partial charge is 0.377 e. The van der Waals surface area contributed by atoms with E-state index in [9.17, 15) is 0 Å². The highest BCUT2D eigenvalue weighted by molar-refractivity contribution is 5.83. The van der Waals surface area contributed by atoms with Gasteiger partial charge in [-0.25, -0.2) is 0 Å². The molecule has 1 nitrogen and oxygen atoms in total. The Morgan fingerprint density at radius 1 is 0.750 bits per heavy atom. The van der Waals surface area contributed by atoms with Crippen LogP contribution >= 0.6 is 0 Å². The van der Waals surface area contributed by atoms with Gasteiger partial charge in [-0.3, -0.25) is 0 Å². The van der Waals surface area contributed by atoms with E-state index < -0.39 is 0 Å². The fourth-order valence-electron chi connectivity index (χ4n) is 5.02. The molecule has 3 aromatic carbocycles. The second-order valence-electron chi connectivity index (χ2n) is 7.45. The summed E-state index contributed by atoms with van der Waals surface area (Å²) in [7, 11) is 0. The van der Waals surface area contributed by atoms with Crippen molar-refractivity contribution in [3.8, 4) is 0 Å². The molecule has 1 atom stereocenters. The smallest absolute Gasteiger partial charge is 0.0611 e. The van der Waals surface area contributed by atoms with Crippen molar-refractivity contribution < 1.29 is 0 Å². The lowest BCUT2D eigenvalue weighted by Crippen LogP contribution is -2.34. The molecule has 1 heteroatoms. The molecule has 1 aliphatic carbocycles. The van der Waals surface area contributed by atoms with Gasteiger partial charge in [0.1, 0.15) is 0 Å². The Hall–Kier alpha value is -2.28. The summed E-state index contributed by atoms with van der Waals surface area (Å²) in [6.07, 6.45) is 6.68. The lowest BCUT2D eigenvalue weighted by atomic mass is 9.65. The average molecular weight is 313 g/mol. The Morgan fingerprint density at radius 2 is 1.50 bits per heavy atom. The van der Waals surface area contributed by atoms with E-state index in [2.05, 4.69) is 72.0 Å². The quantitative estimate of drug-likeness (QED) is 0.563. The van der Waals surface area contributed by atoms with Crippen molar-refractivity contribution in [3.63, 3.8) is 0 Å². The minimum absolute atomic E-state index is 0.275. The van der Waals surface area contributed by atoms with E-state index in [1.807, 2.05) is 0 Å². The zero-order valence-corrected chi connectivity index (χ0v) is 14.0. The van der Waals surface area contributed by atoms with E-state index in [4.69, 9.17) is 0 Å². The molecule has 5 rings (SSSR count). The van der Waals surface area contributed by atoms with Gasteiger partial charge >= 0.3 is 0 Å². The van der Waals surface area contributed by atoms with Gasteiger partial charge in [-0.1, -0.05) is 73.9 Å². The molecule has 1 N–H and O–H groups in total. The molecule has 0 amide bonds. The van der Waals surface area contributed by atoms with Crippen molar-refractivity contribution in [2.75, 3.05) is 5.32 Å². The van der Waals surface area contributed by atoms with Crippen LogP contribution in [-0.2, 0) is 5.41 Å². The molecule has 24 heavy (non-hydrogen) atoms. The summed E-state index contributed by atoms with van der Waals surface area (Å²) in [6, 6.07) is 25.1. The van der Waals surface area contributed by atoms with Crippen LogP contribution in [-0.4, -0.2) is 0 Å². The third-order valence-electron chi connectivity index (χ3n) is 6.17. The molecule has 3 aromatic rings. The van der Waals surface area contributed by atoms with Gasteiger partial charge in [0.15, 0.2) is 0 Å². The maximum atomic E-state index is 3.88. The highest BCUT2D eigenvalue weighted by atomic mass is 15.0. The molecule has 120 valence electrons. The van der Waals surface area contributed by atoms with Gasteiger partial charge in [0, 0.05) is 11.1 Å². The van der Waals surface area contributed by atoms with Gasteiger partial charge < -0.3 is 5.32 Å². The van der Waals surface area contributed by atoms with Crippen LogP contribution in [0.3, 0.4) is 0 Å². The molecule has 1 fully saturated rings. The first-order valence-electron chi connectivity index (χ1n) is 9.22. The Labute approximate surface area is 143 Å². The fraction of sp³-hybridized carbons (Fsp3) is 0.304. The third kappa shape index (κ3) is 2.00. The summed E-state index contributed by atoms with van der Waals surface area (Å²) in [5.74, 6) is 0. The predicted molar refractivity (Wildman–Crippen MR) is 102 cm³/mol. The van der Waals surface area contributed by atoms with Crippen LogP contribution in [0.15, 0.2) is 66.7 Å². The number of hydrogen-bond donors (Lipinski definition) is 1. The number of anilines is 1. The van der Waals surface area contributed by atoms with Crippen molar-refractivity contribution in [1.29, 1.82) is 0 Å². The zero-order chi connectivity index (χ0) is 16.0. The van der Waals surface area contributed by atoms with Crippen molar-refractivity contribution in [2.24, 2.45) is 0 Å². The van der Waals surface area contributed by atoms with Crippen LogP contribution in [0, 0.1) is 0 Å². The van der Waals surface area contributed by atoms with Gasteiger partial charge in [-0.2, -0.15) is 0 Å². The number of benzene rings is 3. The summed E-state index contributed by atoms with van der Waals surface area (Å²) in [5.41, 5.74) is 4.60. The molecule has 2 aliphatic rings. The van der Waals surface area contributed by atoms with Crippen LogP contribution < -0.4 is 5.32 Å². The van der Waals surface area contributed by atoms with Crippen LogP contribution in [0.2, 0.25) is 0 Å². The first kappa shape index (κ1) is 14.1. The Balaban J connectivity index is 1.66. The van der Waals surface area contributed by atoms with Crippen LogP contribution in [0.4, 0.5) is 5.69 Å². The van der Waals surface area contributed by atoms with Crippen molar-refractivity contribution >= 4 is 16.5 Å². The van der Waals surface area contributed by atoms with Crippen LogP contribution in [0.5, 0.6) is 0 Å². The number of rotatable bonds is 1. The van der Waals surface area contributed by atoms with E-state index in [0.29, 0.717) is 6.04 Å². The van der Waals surface area contributed by atoms with E-state index in [1.165, 1.54) is 54.1 Å². The predicted octanol–water partition coefficient (Wildman–Crippen LogP) is 6.21. The van der Waals surface area contributed by atoms with Gasteiger partial charge in [-0.15, -0.1) is 0 Å². The highest BCUT2D eigenvalue weighted by Crippen LogP contribution is 2.56. The summed E-state index contributed by atoms with van der Waals surface area (Å²) < 4.78 is 0. The molecule has 1 saturated carbocycles. The summed E-state index contributed by atoms with van der Waals surface area (Å²) in [6.45, 7) is 0. The molecule has 0 unspecified atom stereocenters. The van der Waals surface area contributed by atoms with Crippen molar-refractivity contribution in [3.05, 3.63) is 77.9 Å². The fourth-order valence-corrected chi connectivity index (χ4v) is 5.02. The number of fused-ring (bicyclic) bond motifs is 3. The van der Waals surface area contributed by atoms with Gasteiger partial charge in [-0.05, 0) is 46.9 Å². The minimum Gasteiger partial charge on any atom is -0.377 e. The molecular weight excluding hydrogens is 290 g/mol. The number of hydrogen-bond acceptors (Lipinski definition) is 1. The van der Waals surface area contributed by atoms with Crippen LogP contribution in [0.1, 0.15) is 49.3 Å². The minimum atomic E-state index is 0.275. The average Bonchev–Trinajstić information content (AvgIpc) is 2.96. The third-order valence-corrected chi connectivity index (χ3v) is 6.17. The van der Waals surface area contributed by atoms with Gasteiger partial charge in [0.05, 0.1) is 6.04 Å². The highest BCUT2D eigenvalue weighted by Gasteiger charge is 2.47. The second-order valence-corrected chi connectivity index (χ2v) is 7.45. The Bertz CT molecular complexity index is 889. The van der Waals surface area contributed by atoms with Gasteiger partial charge in [0.25, 0.3) is 0 Å². The molecule has 0 bridgehead atoms. The Morgan fingerprint density at radius 3 is 2.38 bits per heavy atom. The normalized spacial score (nSPS) is 21.6.